The number of carbonyl (C=O) groups is 1. The summed E-state index contributed by atoms with van der Waals surface area (Å²) >= 11 is 1.59. The highest BCUT2D eigenvalue weighted by Crippen LogP contribution is 2.39. The van der Waals surface area contributed by atoms with Gasteiger partial charge in [0, 0.05) is 53.3 Å². The first-order chi connectivity index (χ1) is 20.3. The summed E-state index contributed by atoms with van der Waals surface area (Å²) in [5, 5.41) is 5.65. The zero-order valence-corrected chi connectivity index (χ0v) is 24.9. The third kappa shape index (κ3) is 7.26. The second-order valence-electron chi connectivity index (χ2n) is 9.52. The van der Waals surface area contributed by atoms with Gasteiger partial charge in [0.1, 0.15) is 23.9 Å². The van der Waals surface area contributed by atoms with Crippen molar-refractivity contribution in [1.82, 2.24) is 10.1 Å². The van der Waals surface area contributed by atoms with Crippen molar-refractivity contribution in [2.45, 2.75) is 11.8 Å². The largest absolute Gasteiger partial charge is 0.496 e. The smallest absolute Gasteiger partial charge is 0.263 e. The number of hydrogen-bond acceptors (Lipinski definition) is 10. The SMILES string of the molecule is COc1cc(OCCN2CCOCC2)c(/C=C/C(=O)c2ccc(S(=O)(=O)Nc3cc(C)on3)cc2)cc1-c1cccs1. The number of nitrogens with one attached hydrogen (secondary N) is 1. The van der Waals surface area contributed by atoms with Crippen molar-refractivity contribution < 1.29 is 31.9 Å². The lowest BCUT2D eigenvalue weighted by Gasteiger charge is -2.26. The molecule has 1 N–H and O–H groups in total. The maximum Gasteiger partial charge on any atom is 0.263 e. The maximum absolute atomic E-state index is 13.1. The van der Waals surface area contributed by atoms with Crippen molar-refractivity contribution in [1.29, 1.82) is 0 Å². The number of ketones is 1. The third-order valence-corrected chi connectivity index (χ3v) is 8.89. The summed E-state index contributed by atoms with van der Waals surface area (Å²) < 4.78 is 49.9. The second kappa shape index (κ2) is 13.3. The molecular formula is C30H31N3O7S2. The van der Waals surface area contributed by atoms with Crippen LogP contribution in [0.4, 0.5) is 5.82 Å². The Morgan fingerprint density at radius 2 is 1.90 bits per heavy atom. The molecule has 0 unspecified atom stereocenters. The summed E-state index contributed by atoms with van der Waals surface area (Å²) in [5.74, 6) is 1.55. The molecule has 1 aliphatic heterocycles. The van der Waals surface area contributed by atoms with Crippen molar-refractivity contribution in [3.8, 4) is 21.9 Å². The third-order valence-electron chi connectivity index (χ3n) is 6.62. The minimum atomic E-state index is -3.89. The van der Waals surface area contributed by atoms with Gasteiger partial charge < -0.3 is 18.7 Å². The number of ether oxygens (including phenoxy) is 3. The lowest BCUT2D eigenvalue weighted by molar-refractivity contribution is 0.0322. The molecule has 2 aromatic carbocycles. The molecule has 220 valence electrons. The van der Waals surface area contributed by atoms with E-state index in [9.17, 15) is 13.2 Å². The number of morpholine rings is 1. The van der Waals surface area contributed by atoms with Gasteiger partial charge in [-0.3, -0.25) is 14.4 Å². The Labute approximate surface area is 248 Å². The first-order valence-corrected chi connectivity index (χ1v) is 15.7. The van der Waals surface area contributed by atoms with Crippen LogP contribution < -0.4 is 14.2 Å². The van der Waals surface area contributed by atoms with Crippen molar-refractivity contribution in [3.63, 3.8) is 0 Å². The summed E-state index contributed by atoms with van der Waals surface area (Å²) in [4.78, 5) is 16.4. The Balaban J connectivity index is 1.34. The van der Waals surface area contributed by atoms with Crippen LogP contribution in [0, 0.1) is 6.92 Å². The average Bonchev–Trinajstić information content (AvgIpc) is 3.68. The number of sulfonamides is 1. The minimum absolute atomic E-state index is 0.00428. The number of thiophene rings is 1. The maximum atomic E-state index is 13.1. The molecule has 0 amide bonds. The van der Waals surface area contributed by atoms with E-state index in [2.05, 4.69) is 14.8 Å². The van der Waals surface area contributed by atoms with E-state index in [0.717, 1.165) is 35.6 Å². The van der Waals surface area contributed by atoms with Gasteiger partial charge in [0.15, 0.2) is 11.6 Å². The van der Waals surface area contributed by atoms with Gasteiger partial charge >= 0.3 is 0 Å². The summed E-state index contributed by atoms with van der Waals surface area (Å²) in [6.45, 7) is 6.03. The Morgan fingerprint density at radius 1 is 1.12 bits per heavy atom. The quantitative estimate of drug-likeness (QED) is 0.172. The number of aryl methyl sites for hydroxylation is 1. The zero-order chi connectivity index (χ0) is 29.5. The number of allylic oxidation sites excluding steroid dienone is 1. The van der Waals surface area contributed by atoms with Crippen molar-refractivity contribution in [2.75, 3.05) is 51.3 Å². The van der Waals surface area contributed by atoms with E-state index in [4.69, 9.17) is 18.7 Å². The Bertz CT molecular complexity index is 1640. The molecule has 10 nitrogen and oxygen atoms in total. The Morgan fingerprint density at radius 3 is 2.57 bits per heavy atom. The van der Waals surface area contributed by atoms with Crippen LogP contribution in [0.5, 0.6) is 11.5 Å². The predicted octanol–water partition coefficient (Wildman–Crippen LogP) is 5.13. The van der Waals surface area contributed by atoms with Gasteiger partial charge in [-0.2, -0.15) is 0 Å². The van der Waals surface area contributed by atoms with Crippen LogP contribution in [0.3, 0.4) is 0 Å². The van der Waals surface area contributed by atoms with Crippen LogP contribution in [-0.2, 0) is 14.8 Å². The standard InChI is InChI=1S/C30H31N3O7S2/c1-21-18-30(31-40-21)32-42(35,36)24-8-5-22(6-9-24)26(34)10-7-23-19-25(29-4-3-17-41-29)28(37-2)20-27(23)39-16-13-33-11-14-38-15-12-33/h3-10,17-20H,11-16H2,1-2H3,(H,31,32)/b10-7+. The molecule has 0 bridgehead atoms. The molecule has 0 spiro atoms. The molecule has 1 aliphatic rings. The molecule has 3 heterocycles. The fraction of sp³-hybridized carbons (Fsp3) is 0.267. The first kappa shape index (κ1) is 29.5. The number of rotatable bonds is 12. The van der Waals surface area contributed by atoms with Gasteiger partial charge in [-0.05, 0) is 60.9 Å². The first-order valence-electron chi connectivity index (χ1n) is 13.3. The number of nitrogens with zero attached hydrogens (tertiary/aromatic N) is 2. The fourth-order valence-corrected chi connectivity index (χ4v) is 6.14. The van der Waals surface area contributed by atoms with Gasteiger partial charge in [-0.15, -0.1) is 11.3 Å². The molecular weight excluding hydrogens is 578 g/mol. The van der Waals surface area contributed by atoms with Gasteiger partial charge in [0.05, 0.1) is 25.2 Å². The highest BCUT2D eigenvalue weighted by molar-refractivity contribution is 7.92. The molecule has 4 aromatic rings. The summed E-state index contributed by atoms with van der Waals surface area (Å²) in [6.07, 6.45) is 3.16. The number of benzene rings is 2. The molecule has 42 heavy (non-hydrogen) atoms. The van der Waals surface area contributed by atoms with Crippen LogP contribution in [-0.4, -0.2) is 70.8 Å². The van der Waals surface area contributed by atoms with E-state index >= 15 is 0 Å². The molecule has 0 atom stereocenters. The molecule has 1 saturated heterocycles. The molecule has 12 heteroatoms. The summed E-state index contributed by atoms with van der Waals surface area (Å²) in [5.41, 5.74) is 1.95. The number of aromatic nitrogens is 1. The van der Waals surface area contributed by atoms with E-state index in [1.807, 2.05) is 29.6 Å². The van der Waals surface area contributed by atoms with Crippen LogP contribution in [0.1, 0.15) is 21.7 Å². The Hall–Kier alpha value is -3.97. The lowest BCUT2D eigenvalue weighted by atomic mass is 10.0. The van der Waals surface area contributed by atoms with Gasteiger partial charge in [0.2, 0.25) is 0 Å². The highest BCUT2D eigenvalue weighted by Gasteiger charge is 2.18. The van der Waals surface area contributed by atoms with Crippen molar-refractivity contribution >= 4 is 39.0 Å². The van der Waals surface area contributed by atoms with Gasteiger partial charge in [0.25, 0.3) is 10.0 Å². The Kier molecular flexibility index (Phi) is 9.38. The van der Waals surface area contributed by atoms with Crippen molar-refractivity contribution in [2.24, 2.45) is 0 Å². The topological polar surface area (TPSA) is 120 Å². The molecule has 1 fully saturated rings. The number of methoxy groups -OCH3 is 1. The predicted molar refractivity (Wildman–Crippen MR) is 161 cm³/mol. The van der Waals surface area contributed by atoms with Gasteiger partial charge in [-0.1, -0.05) is 11.2 Å². The average molecular weight is 610 g/mol. The number of hydrogen-bond donors (Lipinski definition) is 1. The van der Waals surface area contributed by atoms with E-state index in [1.165, 1.54) is 36.4 Å². The lowest BCUT2D eigenvalue weighted by Crippen LogP contribution is -2.38. The number of carbonyl (C=O) groups excluding carboxylic acids is 1. The molecule has 0 saturated carbocycles. The second-order valence-corrected chi connectivity index (χ2v) is 12.2. The van der Waals surface area contributed by atoms with Gasteiger partial charge in [-0.25, -0.2) is 8.42 Å². The summed E-state index contributed by atoms with van der Waals surface area (Å²) in [6, 6.07) is 14.9. The zero-order valence-electron chi connectivity index (χ0n) is 23.2. The molecule has 2 aromatic heterocycles. The summed E-state index contributed by atoms with van der Waals surface area (Å²) in [7, 11) is -2.27. The minimum Gasteiger partial charge on any atom is -0.496 e. The van der Waals surface area contributed by atoms with Crippen LogP contribution in [0.15, 0.2) is 75.5 Å². The van der Waals surface area contributed by atoms with E-state index in [1.54, 1.807) is 31.4 Å². The van der Waals surface area contributed by atoms with Crippen molar-refractivity contribution in [3.05, 3.63) is 82.9 Å². The van der Waals surface area contributed by atoms with Crippen LogP contribution in [0.25, 0.3) is 16.5 Å². The number of anilines is 1. The normalized spacial score (nSPS) is 14.2. The van der Waals surface area contributed by atoms with E-state index in [-0.39, 0.29) is 16.5 Å². The highest BCUT2D eigenvalue weighted by atomic mass is 32.2. The monoisotopic (exact) mass is 609 g/mol. The van der Waals surface area contributed by atoms with E-state index in [0.29, 0.717) is 42.6 Å². The van der Waals surface area contributed by atoms with E-state index < -0.39 is 10.0 Å². The molecule has 0 aliphatic carbocycles. The molecule has 5 rings (SSSR count). The van der Waals surface area contributed by atoms with Crippen LogP contribution in [0.2, 0.25) is 0 Å². The molecule has 0 radical (unpaired) electrons. The fourth-order valence-electron chi connectivity index (χ4n) is 4.41. The van der Waals surface area contributed by atoms with Crippen LogP contribution >= 0.6 is 11.3 Å².